The zero-order chi connectivity index (χ0) is 14.5. The van der Waals surface area contributed by atoms with E-state index >= 15 is 0 Å². The highest BCUT2D eigenvalue weighted by Crippen LogP contribution is 2.29. The van der Waals surface area contributed by atoms with Crippen molar-refractivity contribution in [3.8, 4) is 11.8 Å². The van der Waals surface area contributed by atoms with Crippen LogP contribution in [0.5, 0.6) is 5.75 Å². The topological polar surface area (TPSA) is 33.0 Å². The molecule has 0 atom stereocenters. The second kappa shape index (κ2) is 6.11. The first-order chi connectivity index (χ1) is 10.4. The predicted octanol–water partition coefficient (Wildman–Crippen LogP) is 4.48. The van der Waals surface area contributed by atoms with Crippen LogP contribution in [0.25, 0.3) is 10.8 Å². The zero-order valence-corrected chi connectivity index (χ0v) is 11.6. The Labute approximate surface area is 124 Å². The molecule has 3 rings (SSSR count). The SMILES string of the molecule is N#CCc1c(OCc2ccccc2)ccc2ccccc12. The summed E-state index contributed by atoms with van der Waals surface area (Å²) in [6.07, 6.45) is 0.353. The van der Waals surface area contributed by atoms with Gasteiger partial charge >= 0.3 is 0 Å². The number of fused-ring (bicyclic) bond motifs is 1. The van der Waals surface area contributed by atoms with E-state index in [-0.39, 0.29) is 0 Å². The molecule has 0 aliphatic rings. The first-order valence-electron chi connectivity index (χ1n) is 6.93. The fourth-order valence-corrected chi connectivity index (χ4v) is 2.45. The van der Waals surface area contributed by atoms with Crippen LogP contribution < -0.4 is 4.74 Å². The van der Waals surface area contributed by atoms with Gasteiger partial charge in [0.1, 0.15) is 12.4 Å². The van der Waals surface area contributed by atoms with E-state index in [2.05, 4.69) is 12.1 Å². The molecule has 0 aromatic heterocycles. The standard InChI is InChI=1S/C19H15NO/c20-13-12-18-17-9-5-4-8-16(17)10-11-19(18)21-14-15-6-2-1-3-7-15/h1-11H,12,14H2. The number of nitrogens with zero attached hydrogens (tertiary/aromatic N) is 1. The molecule has 0 aliphatic heterocycles. The van der Waals surface area contributed by atoms with E-state index < -0.39 is 0 Å². The van der Waals surface area contributed by atoms with Crippen molar-refractivity contribution in [2.75, 3.05) is 0 Å². The van der Waals surface area contributed by atoms with Gasteiger partial charge in [-0.3, -0.25) is 0 Å². The van der Waals surface area contributed by atoms with Gasteiger partial charge in [-0.2, -0.15) is 5.26 Å². The van der Waals surface area contributed by atoms with E-state index in [9.17, 15) is 0 Å². The van der Waals surface area contributed by atoms with Crippen molar-refractivity contribution in [3.05, 3.63) is 77.9 Å². The third kappa shape index (κ3) is 2.88. The lowest BCUT2D eigenvalue weighted by Gasteiger charge is -2.12. The van der Waals surface area contributed by atoms with Gasteiger partial charge in [0.15, 0.2) is 0 Å². The molecule has 0 saturated heterocycles. The minimum atomic E-state index is 0.353. The van der Waals surface area contributed by atoms with Crippen molar-refractivity contribution in [1.29, 1.82) is 5.26 Å². The Morgan fingerprint density at radius 3 is 2.43 bits per heavy atom. The Kier molecular flexibility index (Phi) is 3.84. The molecule has 0 bridgehead atoms. The van der Waals surface area contributed by atoms with Crippen LogP contribution >= 0.6 is 0 Å². The lowest BCUT2D eigenvalue weighted by molar-refractivity contribution is 0.304. The molecule has 102 valence electrons. The highest BCUT2D eigenvalue weighted by molar-refractivity contribution is 5.88. The number of hydrogen-bond donors (Lipinski definition) is 0. The summed E-state index contributed by atoms with van der Waals surface area (Å²) in [5.74, 6) is 0.791. The molecule has 2 nitrogen and oxygen atoms in total. The van der Waals surface area contributed by atoms with Gasteiger partial charge in [-0.05, 0) is 22.4 Å². The molecule has 0 aliphatic carbocycles. The van der Waals surface area contributed by atoms with Crippen LogP contribution in [0.4, 0.5) is 0 Å². The quantitative estimate of drug-likeness (QED) is 0.702. The molecule has 21 heavy (non-hydrogen) atoms. The van der Waals surface area contributed by atoms with Gasteiger partial charge in [-0.1, -0.05) is 60.7 Å². The van der Waals surface area contributed by atoms with E-state index in [0.29, 0.717) is 13.0 Å². The normalized spacial score (nSPS) is 10.2. The van der Waals surface area contributed by atoms with Crippen molar-refractivity contribution in [2.45, 2.75) is 13.0 Å². The third-order valence-corrected chi connectivity index (χ3v) is 3.49. The Morgan fingerprint density at radius 1 is 0.857 bits per heavy atom. The number of nitriles is 1. The van der Waals surface area contributed by atoms with Gasteiger partial charge in [0.2, 0.25) is 0 Å². The molecular weight excluding hydrogens is 258 g/mol. The second-order valence-electron chi connectivity index (χ2n) is 4.87. The van der Waals surface area contributed by atoms with Gasteiger partial charge in [-0.25, -0.2) is 0 Å². The predicted molar refractivity (Wildman–Crippen MR) is 84.0 cm³/mol. The highest BCUT2D eigenvalue weighted by Gasteiger charge is 2.08. The summed E-state index contributed by atoms with van der Waals surface area (Å²) in [6.45, 7) is 0.512. The van der Waals surface area contributed by atoms with Crippen molar-refractivity contribution >= 4 is 10.8 Å². The molecule has 0 saturated carbocycles. The summed E-state index contributed by atoms with van der Waals surface area (Å²) in [5.41, 5.74) is 2.08. The number of hydrogen-bond acceptors (Lipinski definition) is 2. The van der Waals surface area contributed by atoms with Crippen LogP contribution in [0, 0.1) is 11.3 Å². The average molecular weight is 273 g/mol. The smallest absolute Gasteiger partial charge is 0.124 e. The summed E-state index contributed by atoms with van der Waals surface area (Å²) in [6, 6.07) is 24.4. The van der Waals surface area contributed by atoms with Gasteiger partial charge < -0.3 is 4.74 Å². The maximum atomic E-state index is 9.08. The average Bonchev–Trinajstić information content (AvgIpc) is 2.55. The lowest BCUT2D eigenvalue weighted by Crippen LogP contribution is -1.99. The molecule has 2 heteroatoms. The molecule has 0 heterocycles. The lowest BCUT2D eigenvalue weighted by atomic mass is 10.0. The summed E-state index contributed by atoms with van der Waals surface area (Å²) in [5, 5.41) is 11.3. The second-order valence-corrected chi connectivity index (χ2v) is 4.87. The third-order valence-electron chi connectivity index (χ3n) is 3.49. The van der Waals surface area contributed by atoms with Crippen molar-refractivity contribution in [1.82, 2.24) is 0 Å². The highest BCUT2D eigenvalue weighted by atomic mass is 16.5. The van der Waals surface area contributed by atoms with E-state index in [1.54, 1.807) is 0 Å². The Morgan fingerprint density at radius 2 is 1.62 bits per heavy atom. The minimum absolute atomic E-state index is 0.353. The van der Waals surface area contributed by atoms with Crippen molar-refractivity contribution < 1.29 is 4.74 Å². The van der Waals surface area contributed by atoms with Crippen LogP contribution in [-0.2, 0) is 13.0 Å². The van der Waals surface area contributed by atoms with Crippen LogP contribution in [0.3, 0.4) is 0 Å². The fourth-order valence-electron chi connectivity index (χ4n) is 2.45. The largest absolute Gasteiger partial charge is 0.489 e. The molecule has 3 aromatic rings. The molecule has 0 unspecified atom stereocenters. The first-order valence-corrected chi connectivity index (χ1v) is 6.93. The first kappa shape index (κ1) is 13.2. The van der Waals surface area contributed by atoms with E-state index in [4.69, 9.17) is 10.00 Å². The number of benzene rings is 3. The molecule has 0 amide bonds. The van der Waals surface area contributed by atoms with Gasteiger partial charge in [0.05, 0.1) is 12.5 Å². The van der Waals surface area contributed by atoms with Crippen molar-refractivity contribution in [3.63, 3.8) is 0 Å². The van der Waals surface area contributed by atoms with Crippen LogP contribution in [0.1, 0.15) is 11.1 Å². The Balaban J connectivity index is 1.94. The molecule has 0 fully saturated rings. The monoisotopic (exact) mass is 273 g/mol. The maximum Gasteiger partial charge on any atom is 0.124 e. The van der Waals surface area contributed by atoms with E-state index in [1.165, 1.54) is 0 Å². The number of ether oxygens (including phenoxy) is 1. The molecule has 3 aromatic carbocycles. The molecule has 0 N–H and O–H groups in total. The zero-order valence-electron chi connectivity index (χ0n) is 11.6. The number of rotatable bonds is 4. The molecule has 0 radical (unpaired) electrons. The van der Waals surface area contributed by atoms with Gasteiger partial charge in [-0.15, -0.1) is 0 Å². The van der Waals surface area contributed by atoms with Gasteiger partial charge in [0, 0.05) is 5.56 Å². The van der Waals surface area contributed by atoms with E-state index in [0.717, 1.165) is 27.6 Å². The molecular formula is C19H15NO. The summed E-state index contributed by atoms with van der Waals surface area (Å²) in [4.78, 5) is 0. The minimum Gasteiger partial charge on any atom is -0.489 e. The summed E-state index contributed by atoms with van der Waals surface area (Å²) < 4.78 is 5.93. The summed E-state index contributed by atoms with van der Waals surface area (Å²) in [7, 11) is 0. The Bertz CT molecular complexity index is 788. The molecule has 0 spiro atoms. The fraction of sp³-hybridized carbons (Fsp3) is 0.105. The van der Waals surface area contributed by atoms with Crippen molar-refractivity contribution in [2.24, 2.45) is 0 Å². The van der Waals surface area contributed by atoms with Crippen LogP contribution in [-0.4, -0.2) is 0 Å². The van der Waals surface area contributed by atoms with Crippen LogP contribution in [0.15, 0.2) is 66.7 Å². The maximum absolute atomic E-state index is 9.08. The Hall–Kier alpha value is -2.79. The van der Waals surface area contributed by atoms with Crippen LogP contribution in [0.2, 0.25) is 0 Å². The van der Waals surface area contributed by atoms with Gasteiger partial charge in [0.25, 0.3) is 0 Å². The van der Waals surface area contributed by atoms with E-state index in [1.807, 2.05) is 60.7 Å². The summed E-state index contributed by atoms with van der Waals surface area (Å²) >= 11 is 0.